The Bertz CT molecular complexity index is 1060. The number of amides is 1. The summed E-state index contributed by atoms with van der Waals surface area (Å²) in [5, 5.41) is 3.16. The minimum atomic E-state index is -0.747. The van der Waals surface area contributed by atoms with E-state index in [0.717, 1.165) is 55.2 Å². The molecule has 4 nitrogen and oxygen atoms in total. The van der Waals surface area contributed by atoms with E-state index in [2.05, 4.69) is 48.6 Å². The molecule has 3 aromatic rings. The molecule has 0 spiro atoms. The van der Waals surface area contributed by atoms with Gasteiger partial charge in [-0.15, -0.1) is 11.8 Å². The van der Waals surface area contributed by atoms with Crippen molar-refractivity contribution in [3.63, 3.8) is 0 Å². The van der Waals surface area contributed by atoms with Gasteiger partial charge in [-0.2, -0.15) is 0 Å². The lowest BCUT2D eigenvalue weighted by Gasteiger charge is -2.38. The van der Waals surface area contributed by atoms with Gasteiger partial charge in [-0.25, -0.2) is 4.79 Å². The van der Waals surface area contributed by atoms with E-state index in [4.69, 9.17) is 4.74 Å². The van der Waals surface area contributed by atoms with Gasteiger partial charge in [0.25, 0.3) is 0 Å². The summed E-state index contributed by atoms with van der Waals surface area (Å²) in [6, 6.07) is 30.4. The van der Waals surface area contributed by atoms with E-state index in [1.54, 1.807) is 11.8 Å². The highest BCUT2D eigenvalue weighted by Crippen LogP contribution is 2.49. The Morgan fingerprint density at radius 3 is 1.74 bits per heavy atom. The van der Waals surface area contributed by atoms with Crippen molar-refractivity contribution in [1.29, 1.82) is 0 Å². The average Bonchev–Trinajstić information content (AvgIpc) is 2.98. The number of benzene rings is 3. The average molecular weight is 530 g/mol. The maximum Gasteiger partial charge on any atom is 0.329 e. The van der Waals surface area contributed by atoms with Gasteiger partial charge in [0.15, 0.2) is 0 Å². The van der Waals surface area contributed by atoms with Crippen LogP contribution in [0.3, 0.4) is 0 Å². The second-order valence-electron chi connectivity index (χ2n) is 10.2. The molecule has 5 heteroatoms. The van der Waals surface area contributed by atoms with Crippen LogP contribution in [0.2, 0.25) is 0 Å². The van der Waals surface area contributed by atoms with Crippen LogP contribution < -0.4 is 5.32 Å². The monoisotopic (exact) mass is 529 g/mol. The standard InChI is InChI=1S/C33H39NO3S/c1-3-22-32(23-14-7-15-24-32)31(36)34-29(30(35)37-2)25-38-33(26-16-8-4-9-17-26,27-18-10-5-11-19-27)28-20-12-6-13-21-28/h4-6,8-13,16-21,29H,3,7,14-15,22-25H2,1-2H3,(H,34,36). The Kier molecular flexibility index (Phi) is 9.68. The molecule has 200 valence electrons. The van der Waals surface area contributed by atoms with E-state index in [0.29, 0.717) is 5.75 Å². The van der Waals surface area contributed by atoms with Gasteiger partial charge in [0.2, 0.25) is 5.91 Å². The van der Waals surface area contributed by atoms with Crippen molar-refractivity contribution in [1.82, 2.24) is 5.32 Å². The smallest absolute Gasteiger partial charge is 0.329 e. The number of methoxy groups -OCH3 is 1. The van der Waals surface area contributed by atoms with Crippen LogP contribution >= 0.6 is 11.8 Å². The summed E-state index contributed by atoms with van der Waals surface area (Å²) >= 11 is 1.67. The summed E-state index contributed by atoms with van der Waals surface area (Å²) in [5.74, 6) is -0.0320. The Morgan fingerprint density at radius 2 is 1.32 bits per heavy atom. The quantitative estimate of drug-likeness (QED) is 0.212. The van der Waals surface area contributed by atoms with E-state index in [1.807, 2.05) is 54.6 Å². The molecule has 1 atom stereocenters. The molecule has 0 bridgehead atoms. The summed E-state index contributed by atoms with van der Waals surface area (Å²) < 4.78 is 4.63. The highest BCUT2D eigenvalue weighted by molar-refractivity contribution is 8.00. The van der Waals surface area contributed by atoms with Crippen LogP contribution in [0.5, 0.6) is 0 Å². The van der Waals surface area contributed by atoms with Crippen LogP contribution in [0.25, 0.3) is 0 Å². The van der Waals surface area contributed by atoms with Crippen molar-refractivity contribution in [2.45, 2.75) is 62.7 Å². The number of ether oxygens (including phenoxy) is 1. The van der Waals surface area contributed by atoms with Crippen molar-refractivity contribution in [2.24, 2.45) is 5.41 Å². The summed E-state index contributed by atoms with van der Waals surface area (Å²) in [7, 11) is 1.40. The Hall–Kier alpha value is -3.05. The summed E-state index contributed by atoms with van der Waals surface area (Å²) in [5.41, 5.74) is 2.96. The molecule has 1 saturated carbocycles. The number of carbonyl (C=O) groups excluding carboxylic acids is 2. The zero-order valence-corrected chi connectivity index (χ0v) is 23.3. The third-order valence-corrected chi connectivity index (χ3v) is 9.46. The fourth-order valence-electron chi connectivity index (χ4n) is 5.90. The predicted molar refractivity (Wildman–Crippen MR) is 156 cm³/mol. The van der Waals surface area contributed by atoms with Crippen LogP contribution in [-0.2, 0) is 19.1 Å². The first-order valence-electron chi connectivity index (χ1n) is 13.7. The molecule has 1 amide bonds. The van der Waals surface area contributed by atoms with Gasteiger partial charge >= 0.3 is 5.97 Å². The van der Waals surface area contributed by atoms with Gasteiger partial charge in [-0.3, -0.25) is 4.79 Å². The fraction of sp³-hybridized carbons (Fsp3) is 0.394. The molecule has 0 radical (unpaired) electrons. The lowest BCUT2D eigenvalue weighted by atomic mass is 9.70. The Morgan fingerprint density at radius 1 is 0.842 bits per heavy atom. The molecule has 0 aliphatic heterocycles. The molecule has 0 aromatic heterocycles. The maximum atomic E-state index is 13.7. The minimum Gasteiger partial charge on any atom is -0.467 e. The van der Waals surface area contributed by atoms with Crippen molar-refractivity contribution in [2.75, 3.05) is 12.9 Å². The third-order valence-electron chi connectivity index (χ3n) is 7.82. The SMILES string of the molecule is CCCC1(C(=O)NC(CSC(c2ccccc2)(c2ccccc2)c2ccccc2)C(=O)OC)CCCCC1. The van der Waals surface area contributed by atoms with Crippen LogP contribution in [0.4, 0.5) is 0 Å². The molecule has 1 aliphatic rings. The van der Waals surface area contributed by atoms with E-state index < -0.39 is 16.8 Å². The normalized spacial score (nSPS) is 15.8. The number of rotatable bonds is 11. The van der Waals surface area contributed by atoms with Gasteiger partial charge < -0.3 is 10.1 Å². The number of hydrogen-bond donors (Lipinski definition) is 1. The summed E-state index contributed by atoms with van der Waals surface area (Å²) in [6.45, 7) is 2.13. The van der Waals surface area contributed by atoms with Crippen LogP contribution in [0.1, 0.15) is 68.6 Å². The van der Waals surface area contributed by atoms with Gasteiger partial charge in [0.05, 0.1) is 11.9 Å². The number of nitrogens with one attached hydrogen (secondary N) is 1. The molecular weight excluding hydrogens is 490 g/mol. The maximum absolute atomic E-state index is 13.7. The van der Waals surface area contributed by atoms with Crippen molar-refractivity contribution in [3.05, 3.63) is 108 Å². The van der Waals surface area contributed by atoms with Crippen LogP contribution in [-0.4, -0.2) is 30.8 Å². The Balaban J connectivity index is 1.71. The summed E-state index contributed by atoms with van der Waals surface area (Å²) in [4.78, 5) is 26.8. The lowest BCUT2D eigenvalue weighted by molar-refractivity contribution is -0.146. The third kappa shape index (κ3) is 5.99. The van der Waals surface area contributed by atoms with Gasteiger partial charge in [0.1, 0.15) is 6.04 Å². The number of esters is 1. The van der Waals surface area contributed by atoms with Gasteiger partial charge in [0, 0.05) is 11.2 Å². The van der Waals surface area contributed by atoms with Crippen LogP contribution in [0, 0.1) is 5.41 Å². The molecule has 1 unspecified atom stereocenters. The van der Waals surface area contributed by atoms with Gasteiger partial charge in [-0.1, -0.05) is 124 Å². The molecule has 0 saturated heterocycles. The second kappa shape index (κ2) is 13.1. The molecule has 4 rings (SSSR count). The number of hydrogen-bond acceptors (Lipinski definition) is 4. The molecule has 1 N–H and O–H groups in total. The van der Waals surface area contributed by atoms with Crippen LogP contribution in [0.15, 0.2) is 91.0 Å². The number of thioether (sulfide) groups is 1. The molecule has 1 fully saturated rings. The molecule has 3 aromatic carbocycles. The first kappa shape index (κ1) is 28.0. The first-order chi connectivity index (χ1) is 18.6. The van der Waals surface area contributed by atoms with Crippen molar-refractivity contribution in [3.8, 4) is 0 Å². The van der Waals surface area contributed by atoms with E-state index in [1.165, 1.54) is 13.5 Å². The minimum absolute atomic E-state index is 0.000201. The second-order valence-corrected chi connectivity index (χ2v) is 11.5. The molecule has 1 aliphatic carbocycles. The van der Waals surface area contributed by atoms with E-state index in [-0.39, 0.29) is 11.3 Å². The lowest BCUT2D eigenvalue weighted by Crippen LogP contribution is -2.51. The predicted octanol–water partition coefficient (Wildman–Crippen LogP) is 7.12. The highest BCUT2D eigenvalue weighted by atomic mass is 32.2. The first-order valence-corrected chi connectivity index (χ1v) is 14.7. The number of carbonyl (C=O) groups is 2. The Labute approximate surface area is 231 Å². The van der Waals surface area contributed by atoms with Crippen molar-refractivity contribution >= 4 is 23.6 Å². The van der Waals surface area contributed by atoms with Gasteiger partial charge in [-0.05, 0) is 36.0 Å². The zero-order chi connectivity index (χ0) is 26.8. The zero-order valence-electron chi connectivity index (χ0n) is 22.5. The molecular formula is C33H39NO3S. The topological polar surface area (TPSA) is 55.4 Å². The van der Waals surface area contributed by atoms with E-state index in [9.17, 15) is 9.59 Å². The summed E-state index contributed by atoms with van der Waals surface area (Å²) in [6.07, 6.45) is 6.86. The van der Waals surface area contributed by atoms with E-state index >= 15 is 0 Å². The largest absolute Gasteiger partial charge is 0.467 e. The molecule has 0 heterocycles. The highest BCUT2D eigenvalue weighted by Gasteiger charge is 2.42. The fourth-order valence-corrected chi connectivity index (χ4v) is 7.44. The van der Waals surface area contributed by atoms with Crippen molar-refractivity contribution < 1.29 is 14.3 Å². The molecule has 38 heavy (non-hydrogen) atoms.